The lowest BCUT2D eigenvalue weighted by Crippen LogP contribution is -2.16. The van der Waals surface area contributed by atoms with E-state index in [1.54, 1.807) is 0 Å². The molecular formula is C8H16N4O. The molecule has 1 aromatic rings. The molecule has 0 radical (unpaired) electrons. The van der Waals surface area contributed by atoms with E-state index in [0.717, 1.165) is 6.42 Å². The summed E-state index contributed by atoms with van der Waals surface area (Å²) >= 11 is 0. The summed E-state index contributed by atoms with van der Waals surface area (Å²) in [5.74, 6) is 1.37. The second-order valence-electron chi connectivity index (χ2n) is 3.63. The van der Waals surface area contributed by atoms with E-state index in [1.807, 2.05) is 0 Å². The third kappa shape index (κ3) is 2.69. The molecule has 5 heteroatoms. The highest BCUT2D eigenvalue weighted by molar-refractivity contribution is 4.94. The molecule has 0 aliphatic rings. The molecule has 0 saturated carbocycles. The smallest absolute Gasteiger partial charge is 0.330 e. The lowest BCUT2D eigenvalue weighted by atomic mass is 9.97. The van der Waals surface area contributed by atoms with Gasteiger partial charge >= 0.3 is 5.69 Å². The maximum absolute atomic E-state index is 10.8. The second-order valence-corrected chi connectivity index (χ2v) is 3.63. The number of hydrogen-bond acceptors (Lipinski definition) is 3. The maximum atomic E-state index is 10.8. The summed E-state index contributed by atoms with van der Waals surface area (Å²) in [6.07, 6.45) is 0.942. The van der Waals surface area contributed by atoms with Gasteiger partial charge in [0.2, 0.25) is 0 Å². The number of hydrogen-bond donors (Lipinski definition) is 3. The van der Waals surface area contributed by atoms with Crippen molar-refractivity contribution in [2.45, 2.75) is 26.2 Å². The minimum absolute atomic E-state index is 0.152. The molecule has 4 N–H and O–H groups in total. The van der Waals surface area contributed by atoms with Crippen LogP contribution in [-0.4, -0.2) is 21.7 Å². The summed E-state index contributed by atoms with van der Waals surface area (Å²) in [7, 11) is 0. The lowest BCUT2D eigenvalue weighted by molar-refractivity contribution is 0.489. The molecule has 0 aromatic carbocycles. The first kappa shape index (κ1) is 9.98. The Morgan fingerprint density at radius 3 is 2.62 bits per heavy atom. The Balaban J connectivity index is 2.72. The van der Waals surface area contributed by atoms with Crippen LogP contribution in [0.2, 0.25) is 0 Å². The standard InChI is InChI=1S/C8H16N4O/c1-5(2)3-6(4-9)7-10-8(13)12-11-7/h5-6H,3-4,9H2,1-2H3,(H2,10,11,12,13). The summed E-state index contributed by atoms with van der Waals surface area (Å²) in [6, 6.07) is 0. The van der Waals surface area contributed by atoms with Crippen LogP contribution in [0.25, 0.3) is 0 Å². The van der Waals surface area contributed by atoms with E-state index >= 15 is 0 Å². The molecule has 1 heterocycles. The van der Waals surface area contributed by atoms with Crippen molar-refractivity contribution in [1.82, 2.24) is 15.2 Å². The van der Waals surface area contributed by atoms with Crippen molar-refractivity contribution in [2.24, 2.45) is 11.7 Å². The van der Waals surface area contributed by atoms with Crippen molar-refractivity contribution >= 4 is 0 Å². The molecule has 0 saturated heterocycles. The van der Waals surface area contributed by atoms with Crippen LogP contribution in [0.1, 0.15) is 32.0 Å². The van der Waals surface area contributed by atoms with Gasteiger partial charge in [0, 0.05) is 12.5 Å². The zero-order valence-corrected chi connectivity index (χ0v) is 8.00. The molecule has 74 valence electrons. The molecule has 0 aliphatic heterocycles. The molecular weight excluding hydrogens is 168 g/mol. The van der Waals surface area contributed by atoms with Crippen LogP contribution in [0.5, 0.6) is 0 Å². The van der Waals surface area contributed by atoms with Gasteiger partial charge in [-0.25, -0.2) is 9.89 Å². The first-order chi connectivity index (χ1) is 6.13. The fourth-order valence-corrected chi connectivity index (χ4v) is 1.37. The first-order valence-corrected chi connectivity index (χ1v) is 4.48. The molecule has 13 heavy (non-hydrogen) atoms. The predicted octanol–water partition coefficient (Wildman–Crippen LogP) is 0.186. The van der Waals surface area contributed by atoms with Crippen molar-refractivity contribution in [1.29, 1.82) is 0 Å². The van der Waals surface area contributed by atoms with Gasteiger partial charge in [-0.15, -0.1) is 0 Å². The largest absolute Gasteiger partial charge is 0.340 e. The minimum atomic E-state index is -0.266. The monoisotopic (exact) mass is 184 g/mol. The third-order valence-corrected chi connectivity index (χ3v) is 1.95. The first-order valence-electron chi connectivity index (χ1n) is 4.48. The van der Waals surface area contributed by atoms with Gasteiger partial charge in [-0.2, -0.15) is 5.10 Å². The minimum Gasteiger partial charge on any atom is -0.330 e. The molecule has 0 fully saturated rings. The van der Waals surface area contributed by atoms with Crippen LogP contribution in [0.15, 0.2) is 4.79 Å². The Kier molecular flexibility index (Phi) is 3.25. The molecule has 0 aliphatic carbocycles. The fourth-order valence-electron chi connectivity index (χ4n) is 1.37. The van der Waals surface area contributed by atoms with E-state index in [-0.39, 0.29) is 11.6 Å². The highest BCUT2D eigenvalue weighted by atomic mass is 16.1. The number of H-pyrrole nitrogens is 2. The van der Waals surface area contributed by atoms with Crippen LogP contribution in [0.4, 0.5) is 0 Å². The lowest BCUT2D eigenvalue weighted by Gasteiger charge is -2.13. The second kappa shape index (κ2) is 4.23. The molecule has 1 aromatic heterocycles. The Hall–Kier alpha value is -1.10. The number of nitrogens with two attached hydrogens (primary N) is 1. The Labute approximate surface area is 76.7 Å². The van der Waals surface area contributed by atoms with E-state index in [2.05, 4.69) is 29.0 Å². The van der Waals surface area contributed by atoms with Crippen LogP contribution < -0.4 is 11.4 Å². The summed E-state index contributed by atoms with van der Waals surface area (Å²) in [5.41, 5.74) is 5.32. The summed E-state index contributed by atoms with van der Waals surface area (Å²) in [6.45, 7) is 4.75. The normalized spacial score (nSPS) is 13.5. The number of nitrogens with one attached hydrogen (secondary N) is 2. The summed E-state index contributed by atoms with van der Waals surface area (Å²) in [4.78, 5) is 13.4. The van der Waals surface area contributed by atoms with Gasteiger partial charge in [0.15, 0.2) is 0 Å². The number of aromatic nitrogens is 3. The zero-order valence-electron chi connectivity index (χ0n) is 8.00. The molecule has 0 bridgehead atoms. The summed E-state index contributed by atoms with van der Waals surface area (Å²) in [5, 5.41) is 6.21. The van der Waals surface area contributed by atoms with E-state index in [1.165, 1.54) is 0 Å². The van der Waals surface area contributed by atoms with Crippen molar-refractivity contribution in [3.63, 3.8) is 0 Å². The van der Waals surface area contributed by atoms with Crippen molar-refractivity contribution < 1.29 is 0 Å². The predicted molar refractivity (Wildman–Crippen MR) is 50.5 cm³/mol. The van der Waals surface area contributed by atoms with E-state index in [0.29, 0.717) is 18.3 Å². The average molecular weight is 184 g/mol. The zero-order chi connectivity index (χ0) is 9.84. The Morgan fingerprint density at radius 1 is 1.54 bits per heavy atom. The molecule has 1 unspecified atom stereocenters. The van der Waals surface area contributed by atoms with Crippen LogP contribution in [-0.2, 0) is 0 Å². The van der Waals surface area contributed by atoms with Crippen LogP contribution in [0.3, 0.4) is 0 Å². The van der Waals surface area contributed by atoms with Gasteiger partial charge in [0.1, 0.15) is 5.82 Å². The van der Waals surface area contributed by atoms with Gasteiger partial charge in [-0.1, -0.05) is 13.8 Å². The number of nitrogens with zero attached hydrogens (tertiary/aromatic N) is 1. The Morgan fingerprint density at radius 2 is 2.23 bits per heavy atom. The molecule has 0 spiro atoms. The number of rotatable bonds is 4. The van der Waals surface area contributed by atoms with Gasteiger partial charge in [-0.3, -0.25) is 4.98 Å². The van der Waals surface area contributed by atoms with E-state index < -0.39 is 0 Å². The highest BCUT2D eigenvalue weighted by Gasteiger charge is 2.14. The van der Waals surface area contributed by atoms with Gasteiger partial charge in [0.05, 0.1) is 0 Å². The summed E-state index contributed by atoms with van der Waals surface area (Å²) < 4.78 is 0. The fraction of sp³-hybridized carbons (Fsp3) is 0.750. The quantitative estimate of drug-likeness (QED) is 0.624. The van der Waals surface area contributed by atoms with Gasteiger partial charge < -0.3 is 5.73 Å². The Bertz CT molecular complexity index is 301. The average Bonchev–Trinajstić information content (AvgIpc) is 2.47. The molecule has 1 rings (SSSR count). The molecule has 1 atom stereocenters. The maximum Gasteiger partial charge on any atom is 0.340 e. The van der Waals surface area contributed by atoms with Crippen LogP contribution >= 0.6 is 0 Å². The topological polar surface area (TPSA) is 87.6 Å². The SMILES string of the molecule is CC(C)CC(CN)c1n[nH]c(=O)[nH]1. The van der Waals surface area contributed by atoms with E-state index in [9.17, 15) is 4.79 Å². The molecule has 5 nitrogen and oxygen atoms in total. The number of aromatic amines is 2. The van der Waals surface area contributed by atoms with Crippen LogP contribution in [0, 0.1) is 5.92 Å². The highest BCUT2D eigenvalue weighted by Crippen LogP contribution is 2.17. The van der Waals surface area contributed by atoms with Gasteiger partial charge in [-0.05, 0) is 12.3 Å². The van der Waals surface area contributed by atoms with Crippen molar-refractivity contribution in [2.75, 3.05) is 6.54 Å². The molecule has 0 amide bonds. The third-order valence-electron chi connectivity index (χ3n) is 1.95. The van der Waals surface area contributed by atoms with E-state index in [4.69, 9.17) is 5.73 Å². The van der Waals surface area contributed by atoms with Gasteiger partial charge in [0.25, 0.3) is 0 Å². The van der Waals surface area contributed by atoms with Crippen molar-refractivity contribution in [3.05, 3.63) is 16.3 Å². The van der Waals surface area contributed by atoms with Crippen molar-refractivity contribution in [3.8, 4) is 0 Å².